The molecule has 1 aromatic carbocycles. The molecule has 0 N–H and O–H groups in total. The number of halogens is 2. The van der Waals surface area contributed by atoms with Crippen LogP contribution in [0.1, 0.15) is 84.0 Å². The highest BCUT2D eigenvalue weighted by Crippen LogP contribution is 2.43. The highest BCUT2D eigenvalue weighted by atomic mass is 19.2. The van der Waals surface area contributed by atoms with Crippen molar-refractivity contribution in [1.29, 1.82) is 0 Å². The van der Waals surface area contributed by atoms with Gasteiger partial charge in [0.05, 0.1) is 6.61 Å². The van der Waals surface area contributed by atoms with Crippen LogP contribution in [-0.4, -0.2) is 13.2 Å². The fourth-order valence-electron chi connectivity index (χ4n) is 6.14. The van der Waals surface area contributed by atoms with E-state index in [9.17, 15) is 8.78 Å². The lowest BCUT2D eigenvalue weighted by molar-refractivity contribution is 0.174. The van der Waals surface area contributed by atoms with E-state index in [0.717, 1.165) is 36.5 Å². The standard InChI is InChI=1S/C27H38F2O2/c1-2-30-24-15-16-25(27(29)26(24)28)31-18-21-9-13-23(14-10-21)22-11-7-20(8-12-22)17-19-5-3-4-6-19/h9,15-16,19-20,22-23H,2-8,10-14,17-18H2,1H3. The van der Waals surface area contributed by atoms with Crippen molar-refractivity contribution >= 4 is 0 Å². The molecule has 0 aromatic heterocycles. The average Bonchev–Trinajstić information content (AvgIpc) is 3.31. The number of allylic oxidation sites excluding steroid dienone is 1. The summed E-state index contributed by atoms with van der Waals surface area (Å²) >= 11 is 0. The summed E-state index contributed by atoms with van der Waals surface area (Å²) in [5.74, 6) is 1.62. The van der Waals surface area contributed by atoms with Gasteiger partial charge in [0.15, 0.2) is 11.5 Å². The Morgan fingerprint density at radius 2 is 1.45 bits per heavy atom. The van der Waals surface area contributed by atoms with Crippen LogP contribution in [0.2, 0.25) is 0 Å². The van der Waals surface area contributed by atoms with Gasteiger partial charge in [-0.25, -0.2) is 0 Å². The monoisotopic (exact) mass is 432 g/mol. The van der Waals surface area contributed by atoms with Gasteiger partial charge in [0.1, 0.15) is 6.61 Å². The molecule has 1 atom stereocenters. The van der Waals surface area contributed by atoms with Crippen LogP contribution in [0.15, 0.2) is 23.8 Å². The molecule has 2 fully saturated rings. The van der Waals surface area contributed by atoms with Gasteiger partial charge in [-0.15, -0.1) is 0 Å². The summed E-state index contributed by atoms with van der Waals surface area (Å²) < 4.78 is 38.9. The van der Waals surface area contributed by atoms with Crippen molar-refractivity contribution in [3.63, 3.8) is 0 Å². The average molecular weight is 433 g/mol. The normalized spacial score (nSPS) is 27.2. The molecule has 3 aliphatic rings. The summed E-state index contributed by atoms with van der Waals surface area (Å²) in [7, 11) is 0. The van der Waals surface area contributed by atoms with Crippen molar-refractivity contribution in [3.8, 4) is 11.5 Å². The quantitative estimate of drug-likeness (QED) is 0.389. The Balaban J connectivity index is 1.21. The molecule has 0 saturated heterocycles. The third-order valence-corrected chi connectivity index (χ3v) is 7.97. The minimum atomic E-state index is -0.972. The summed E-state index contributed by atoms with van der Waals surface area (Å²) in [6.45, 7) is 2.38. The van der Waals surface area contributed by atoms with Gasteiger partial charge >= 0.3 is 0 Å². The Morgan fingerprint density at radius 3 is 2.06 bits per heavy atom. The zero-order valence-electron chi connectivity index (χ0n) is 19.0. The molecule has 0 heterocycles. The molecule has 4 heteroatoms. The number of hydrogen-bond donors (Lipinski definition) is 0. The van der Waals surface area contributed by atoms with E-state index in [1.807, 2.05) is 0 Å². The first-order valence-electron chi connectivity index (χ1n) is 12.6. The molecule has 1 aromatic rings. The first kappa shape index (κ1) is 22.6. The molecular formula is C27H38F2O2. The second-order valence-corrected chi connectivity index (χ2v) is 9.98. The predicted octanol–water partition coefficient (Wildman–Crippen LogP) is 7.86. The molecule has 0 bridgehead atoms. The Hall–Kier alpha value is -1.58. The van der Waals surface area contributed by atoms with E-state index >= 15 is 0 Å². The lowest BCUT2D eigenvalue weighted by Gasteiger charge is -2.36. The first-order valence-corrected chi connectivity index (χ1v) is 12.6. The maximum atomic E-state index is 14.2. The van der Waals surface area contributed by atoms with Crippen LogP contribution in [0.3, 0.4) is 0 Å². The van der Waals surface area contributed by atoms with Gasteiger partial charge in [0, 0.05) is 0 Å². The van der Waals surface area contributed by atoms with Gasteiger partial charge in [0.25, 0.3) is 0 Å². The second kappa shape index (κ2) is 10.8. The van der Waals surface area contributed by atoms with Crippen LogP contribution in [0.5, 0.6) is 11.5 Å². The fraction of sp³-hybridized carbons (Fsp3) is 0.704. The summed E-state index contributed by atoms with van der Waals surface area (Å²) in [5, 5.41) is 0. The Labute approximate surface area is 186 Å². The van der Waals surface area contributed by atoms with E-state index in [1.165, 1.54) is 81.9 Å². The largest absolute Gasteiger partial charge is 0.491 e. The zero-order chi connectivity index (χ0) is 21.6. The van der Waals surface area contributed by atoms with E-state index in [-0.39, 0.29) is 11.5 Å². The summed E-state index contributed by atoms with van der Waals surface area (Å²) in [5.41, 5.74) is 1.21. The van der Waals surface area contributed by atoms with Crippen LogP contribution in [0, 0.1) is 35.3 Å². The van der Waals surface area contributed by atoms with Gasteiger partial charge in [0.2, 0.25) is 11.6 Å². The molecule has 3 aliphatic carbocycles. The number of ether oxygens (including phenoxy) is 2. The van der Waals surface area contributed by atoms with Crippen molar-refractivity contribution in [1.82, 2.24) is 0 Å². The maximum Gasteiger partial charge on any atom is 0.204 e. The second-order valence-electron chi connectivity index (χ2n) is 9.98. The Morgan fingerprint density at radius 1 is 0.806 bits per heavy atom. The summed E-state index contributed by atoms with van der Waals surface area (Å²) in [4.78, 5) is 0. The van der Waals surface area contributed by atoms with Crippen LogP contribution < -0.4 is 9.47 Å². The van der Waals surface area contributed by atoms with Crippen molar-refractivity contribution in [3.05, 3.63) is 35.4 Å². The van der Waals surface area contributed by atoms with Gasteiger partial charge in [-0.3, -0.25) is 0 Å². The third kappa shape index (κ3) is 5.81. The van der Waals surface area contributed by atoms with Crippen molar-refractivity contribution < 1.29 is 18.3 Å². The number of benzene rings is 1. The maximum absolute atomic E-state index is 14.2. The van der Waals surface area contributed by atoms with Crippen LogP contribution in [-0.2, 0) is 0 Å². The van der Waals surface area contributed by atoms with E-state index in [4.69, 9.17) is 9.47 Å². The van der Waals surface area contributed by atoms with E-state index in [0.29, 0.717) is 13.2 Å². The van der Waals surface area contributed by atoms with Gasteiger partial charge in [-0.2, -0.15) is 8.78 Å². The molecule has 4 rings (SSSR count). The number of rotatable bonds is 8. The van der Waals surface area contributed by atoms with Crippen molar-refractivity contribution in [2.75, 3.05) is 13.2 Å². The molecule has 2 saturated carbocycles. The van der Waals surface area contributed by atoms with Gasteiger partial charge in [-0.05, 0) is 86.8 Å². The van der Waals surface area contributed by atoms with Crippen molar-refractivity contribution in [2.45, 2.75) is 84.0 Å². The van der Waals surface area contributed by atoms with Gasteiger partial charge < -0.3 is 9.47 Å². The SMILES string of the molecule is CCOc1ccc(OCC2=CCC(C3CCC(CC4CCCC4)CC3)CC2)c(F)c1F. The van der Waals surface area contributed by atoms with E-state index in [2.05, 4.69) is 6.08 Å². The molecule has 0 aliphatic heterocycles. The molecule has 0 amide bonds. The fourth-order valence-corrected chi connectivity index (χ4v) is 6.14. The Bertz CT molecular complexity index is 746. The molecule has 0 radical (unpaired) electrons. The highest BCUT2D eigenvalue weighted by Gasteiger charge is 2.30. The lowest BCUT2D eigenvalue weighted by atomic mass is 9.70. The van der Waals surface area contributed by atoms with E-state index < -0.39 is 11.6 Å². The Kier molecular flexibility index (Phi) is 7.90. The smallest absolute Gasteiger partial charge is 0.204 e. The first-order chi connectivity index (χ1) is 15.1. The van der Waals surface area contributed by atoms with Crippen molar-refractivity contribution in [2.24, 2.45) is 23.7 Å². The molecule has 172 valence electrons. The van der Waals surface area contributed by atoms with E-state index in [1.54, 1.807) is 6.92 Å². The minimum absolute atomic E-state index is 0.0374. The molecular weight excluding hydrogens is 394 g/mol. The summed E-state index contributed by atoms with van der Waals surface area (Å²) in [6, 6.07) is 2.89. The molecule has 31 heavy (non-hydrogen) atoms. The topological polar surface area (TPSA) is 18.5 Å². The third-order valence-electron chi connectivity index (χ3n) is 7.97. The molecule has 0 spiro atoms. The van der Waals surface area contributed by atoms with Crippen LogP contribution in [0.25, 0.3) is 0 Å². The predicted molar refractivity (Wildman–Crippen MR) is 120 cm³/mol. The van der Waals surface area contributed by atoms with Crippen LogP contribution >= 0.6 is 0 Å². The summed E-state index contributed by atoms with van der Waals surface area (Å²) in [6.07, 6.45) is 18.6. The molecule has 2 nitrogen and oxygen atoms in total. The highest BCUT2D eigenvalue weighted by molar-refractivity contribution is 5.35. The van der Waals surface area contributed by atoms with Gasteiger partial charge in [-0.1, -0.05) is 44.6 Å². The lowest BCUT2D eigenvalue weighted by Crippen LogP contribution is -2.24. The number of hydrogen-bond acceptors (Lipinski definition) is 2. The van der Waals surface area contributed by atoms with Crippen LogP contribution in [0.4, 0.5) is 8.78 Å². The minimum Gasteiger partial charge on any atom is -0.491 e. The zero-order valence-corrected chi connectivity index (χ0v) is 19.0. The molecule has 1 unspecified atom stereocenters.